The maximum Gasteiger partial charge on any atom is 0.344 e. The Balaban J connectivity index is 1.46. The topological polar surface area (TPSA) is 57.9 Å². The van der Waals surface area contributed by atoms with Crippen LogP contribution in [0.4, 0.5) is 0 Å². The van der Waals surface area contributed by atoms with Crippen molar-refractivity contribution in [3.8, 4) is 22.6 Å². The van der Waals surface area contributed by atoms with E-state index in [-0.39, 0.29) is 6.79 Å². The van der Waals surface area contributed by atoms with Gasteiger partial charge in [0.25, 0.3) is 0 Å². The molecule has 0 aliphatic carbocycles. The van der Waals surface area contributed by atoms with Gasteiger partial charge in [0.15, 0.2) is 6.79 Å². The van der Waals surface area contributed by atoms with Crippen LogP contribution in [0.15, 0.2) is 68.3 Å². The number of fused-ring (bicyclic) bond motifs is 2. The molecule has 5 nitrogen and oxygen atoms in total. The lowest BCUT2D eigenvalue weighted by Crippen LogP contribution is -2.14. The maximum absolute atomic E-state index is 12.8. The van der Waals surface area contributed by atoms with Crippen molar-refractivity contribution in [2.45, 2.75) is 20.1 Å². The molecule has 1 aliphatic heterocycles. The number of aryl methyl sites for hydroxylation is 1. The van der Waals surface area contributed by atoms with E-state index in [1.165, 1.54) is 0 Å². The molecule has 162 valence electrons. The predicted octanol–water partition coefficient (Wildman–Crippen LogP) is 6.63. The number of rotatable bonds is 4. The zero-order valence-electron chi connectivity index (χ0n) is 17.1. The van der Waals surface area contributed by atoms with E-state index < -0.39 is 5.63 Å². The van der Waals surface area contributed by atoms with Crippen molar-refractivity contribution >= 4 is 38.5 Å². The van der Waals surface area contributed by atoms with E-state index in [2.05, 4.69) is 15.9 Å². The van der Waals surface area contributed by atoms with E-state index in [1.54, 1.807) is 18.2 Å². The van der Waals surface area contributed by atoms with Gasteiger partial charge in [-0.3, -0.25) is 0 Å². The molecule has 1 aromatic heterocycles. The molecule has 32 heavy (non-hydrogen) atoms. The molecule has 7 heteroatoms. The van der Waals surface area contributed by atoms with E-state index in [0.29, 0.717) is 35.1 Å². The van der Waals surface area contributed by atoms with Gasteiger partial charge in [0.2, 0.25) is 0 Å². The van der Waals surface area contributed by atoms with Gasteiger partial charge in [0, 0.05) is 32.1 Å². The second-order valence-corrected chi connectivity index (χ2v) is 8.86. The molecule has 0 unspecified atom stereocenters. The van der Waals surface area contributed by atoms with E-state index >= 15 is 0 Å². The van der Waals surface area contributed by atoms with Crippen molar-refractivity contribution in [3.63, 3.8) is 0 Å². The van der Waals surface area contributed by atoms with E-state index in [9.17, 15) is 4.79 Å². The fourth-order valence-electron chi connectivity index (χ4n) is 3.90. The fraction of sp³-hybridized carbons (Fsp3) is 0.160. The Labute approximate surface area is 197 Å². The highest BCUT2D eigenvalue weighted by Gasteiger charge is 2.18. The summed E-state index contributed by atoms with van der Waals surface area (Å²) in [5.41, 5.74) is 4.11. The normalized spacial score (nSPS) is 13.0. The second kappa shape index (κ2) is 8.62. The van der Waals surface area contributed by atoms with Gasteiger partial charge >= 0.3 is 5.63 Å². The van der Waals surface area contributed by atoms with Gasteiger partial charge in [-0.1, -0.05) is 39.7 Å². The van der Waals surface area contributed by atoms with Crippen LogP contribution in [0, 0.1) is 6.92 Å². The van der Waals surface area contributed by atoms with Crippen molar-refractivity contribution in [3.05, 3.63) is 91.2 Å². The average Bonchev–Trinajstić information content (AvgIpc) is 2.78. The summed E-state index contributed by atoms with van der Waals surface area (Å²) >= 11 is 9.50. The third-order valence-corrected chi connectivity index (χ3v) is 6.13. The van der Waals surface area contributed by atoms with Crippen LogP contribution in [0.25, 0.3) is 22.1 Å². The number of ether oxygens (including phenoxy) is 3. The SMILES string of the molecule is Cc1c(-c2ccc(Cl)cc2)c(=O)oc2cc(OCc3cc(Br)cc4c3OCOC4)ccc12. The van der Waals surface area contributed by atoms with E-state index in [1.807, 2.05) is 43.3 Å². The highest BCUT2D eigenvalue weighted by molar-refractivity contribution is 9.10. The van der Waals surface area contributed by atoms with Crippen molar-refractivity contribution in [2.75, 3.05) is 6.79 Å². The largest absolute Gasteiger partial charge is 0.489 e. The van der Waals surface area contributed by atoms with E-state index in [0.717, 1.165) is 37.9 Å². The molecule has 0 fully saturated rings. The standard InChI is InChI=1S/C25H18BrClO5/c1-14-21-7-6-20(30-12-17-9-18(26)8-16-11-29-13-31-24(16)17)10-22(21)32-25(28)23(14)15-2-4-19(27)5-3-15/h2-10H,11-13H2,1H3. The number of benzene rings is 3. The molecule has 1 aliphatic rings. The molecule has 0 saturated heterocycles. The van der Waals surface area contributed by atoms with Crippen LogP contribution in [0.3, 0.4) is 0 Å². The Morgan fingerprint density at radius 2 is 1.91 bits per heavy atom. The Morgan fingerprint density at radius 3 is 2.72 bits per heavy atom. The Bertz CT molecular complexity index is 1380. The van der Waals surface area contributed by atoms with Crippen LogP contribution in [0.2, 0.25) is 5.02 Å². The first kappa shape index (κ1) is 21.1. The first-order valence-corrected chi connectivity index (χ1v) is 11.1. The zero-order chi connectivity index (χ0) is 22.2. The molecular weight excluding hydrogens is 496 g/mol. The predicted molar refractivity (Wildman–Crippen MR) is 126 cm³/mol. The van der Waals surface area contributed by atoms with E-state index in [4.69, 9.17) is 30.2 Å². The first-order valence-electron chi connectivity index (χ1n) is 9.97. The fourth-order valence-corrected chi connectivity index (χ4v) is 4.58. The third kappa shape index (κ3) is 4.01. The molecule has 2 heterocycles. The van der Waals surface area contributed by atoms with Gasteiger partial charge in [-0.05, 0) is 54.4 Å². The summed E-state index contributed by atoms with van der Waals surface area (Å²) in [4.78, 5) is 12.8. The third-order valence-electron chi connectivity index (χ3n) is 5.42. The Morgan fingerprint density at radius 1 is 1.09 bits per heavy atom. The minimum Gasteiger partial charge on any atom is -0.489 e. The highest BCUT2D eigenvalue weighted by atomic mass is 79.9. The van der Waals surface area contributed by atoms with Crippen LogP contribution < -0.4 is 15.1 Å². The minimum atomic E-state index is -0.399. The van der Waals surface area contributed by atoms with Crippen molar-refractivity contribution < 1.29 is 18.6 Å². The summed E-state index contributed by atoms with van der Waals surface area (Å²) in [6.07, 6.45) is 0. The van der Waals surface area contributed by atoms with Crippen LogP contribution in [0.1, 0.15) is 16.7 Å². The molecule has 0 saturated carbocycles. The molecule has 3 aromatic carbocycles. The average molecular weight is 514 g/mol. The van der Waals surface area contributed by atoms with Crippen LogP contribution in [0.5, 0.6) is 11.5 Å². The summed E-state index contributed by atoms with van der Waals surface area (Å²) < 4.78 is 23.6. The number of halogens is 2. The molecule has 0 bridgehead atoms. The van der Waals surface area contributed by atoms with Crippen LogP contribution in [-0.2, 0) is 18.0 Å². The monoisotopic (exact) mass is 512 g/mol. The first-order chi connectivity index (χ1) is 15.5. The summed E-state index contributed by atoms with van der Waals surface area (Å²) in [5.74, 6) is 1.38. The maximum atomic E-state index is 12.8. The smallest absolute Gasteiger partial charge is 0.344 e. The number of hydrogen-bond donors (Lipinski definition) is 0. The van der Waals surface area contributed by atoms with Gasteiger partial charge in [-0.25, -0.2) is 4.79 Å². The molecule has 0 N–H and O–H groups in total. The molecule has 0 radical (unpaired) electrons. The molecular formula is C25H18BrClO5. The lowest BCUT2D eigenvalue weighted by atomic mass is 9.99. The summed E-state index contributed by atoms with van der Waals surface area (Å²) in [5, 5.41) is 1.46. The van der Waals surface area contributed by atoms with Gasteiger partial charge in [-0.2, -0.15) is 0 Å². The quantitative estimate of drug-likeness (QED) is 0.287. The minimum absolute atomic E-state index is 0.220. The molecule has 4 aromatic rings. The van der Waals surface area contributed by atoms with Gasteiger partial charge in [0.1, 0.15) is 23.7 Å². The lowest BCUT2D eigenvalue weighted by Gasteiger charge is -2.21. The highest BCUT2D eigenvalue weighted by Crippen LogP contribution is 2.34. The number of hydrogen-bond acceptors (Lipinski definition) is 5. The molecule has 0 atom stereocenters. The summed E-state index contributed by atoms with van der Waals surface area (Å²) in [6.45, 7) is 2.94. The van der Waals surface area contributed by atoms with Crippen LogP contribution >= 0.6 is 27.5 Å². The second-order valence-electron chi connectivity index (χ2n) is 7.51. The summed E-state index contributed by atoms with van der Waals surface area (Å²) in [6, 6.07) is 16.6. The summed E-state index contributed by atoms with van der Waals surface area (Å²) in [7, 11) is 0. The van der Waals surface area contributed by atoms with Crippen molar-refractivity contribution in [1.29, 1.82) is 0 Å². The van der Waals surface area contributed by atoms with Crippen molar-refractivity contribution in [1.82, 2.24) is 0 Å². The molecule has 0 spiro atoms. The van der Waals surface area contributed by atoms with Crippen molar-refractivity contribution in [2.24, 2.45) is 0 Å². The Hall–Kier alpha value is -2.80. The lowest BCUT2D eigenvalue weighted by molar-refractivity contribution is -0.0176. The van der Waals surface area contributed by atoms with Gasteiger partial charge in [-0.15, -0.1) is 0 Å². The van der Waals surface area contributed by atoms with Gasteiger partial charge in [0.05, 0.1) is 12.2 Å². The molecule has 5 rings (SSSR count). The van der Waals surface area contributed by atoms with Gasteiger partial charge < -0.3 is 18.6 Å². The molecule has 0 amide bonds. The van der Waals surface area contributed by atoms with Crippen LogP contribution in [-0.4, -0.2) is 6.79 Å². The zero-order valence-corrected chi connectivity index (χ0v) is 19.5. The Kier molecular flexibility index (Phi) is 5.67.